The molecule has 0 unspecified atom stereocenters. The third-order valence-corrected chi connectivity index (χ3v) is 5.52. The molecule has 4 rings (SSSR count). The van der Waals surface area contributed by atoms with Gasteiger partial charge in [0.15, 0.2) is 18.1 Å². The Kier molecular flexibility index (Phi) is 9.82. The van der Waals surface area contributed by atoms with Gasteiger partial charge in [0.2, 0.25) is 0 Å². The maximum absolute atomic E-state index is 13.0. The Morgan fingerprint density at radius 2 is 1.57 bits per heavy atom. The molecule has 204 valence electrons. The zero-order valence-electron chi connectivity index (χ0n) is 21.8. The van der Waals surface area contributed by atoms with E-state index in [1.165, 1.54) is 30.5 Å². The smallest absolute Gasteiger partial charge is 0.271 e. The van der Waals surface area contributed by atoms with Crippen molar-refractivity contribution in [3.8, 4) is 17.2 Å². The minimum atomic E-state index is -0.441. The number of hydrogen-bond donors (Lipinski definition) is 2. The summed E-state index contributed by atoms with van der Waals surface area (Å²) in [6.07, 6.45) is 1.42. The van der Waals surface area contributed by atoms with E-state index >= 15 is 0 Å². The number of benzene rings is 4. The van der Waals surface area contributed by atoms with Gasteiger partial charge in [0.25, 0.3) is 11.8 Å². The molecule has 0 heterocycles. The van der Waals surface area contributed by atoms with E-state index in [1.54, 1.807) is 42.5 Å². The molecule has 0 bridgehead atoms. The molecule has 0 aliphatic carbocycles. The maximum atomic E-state index is 13.0. The second kappa shape index (κ2) is 14.1. The minimum absolute atomic E-state index is 0.270. The molecule has 2 amide bonds. The molecule has 0 aliphatic heterocycles. The average Bonchev–Trinajstić information content (AvgIpc) is 2.98. The number of halogens is 1. The summed E-state index contributed by atoms with van der Waals surface area (Å²) in [6.45, 7) is 2.35. The van der Waals surface area contributed by atoms with E-state index in [9.17, 15) is 14.0 Å². The van der Waals surface area contributed by atoms with Crippen LogP contribution in [0.1, 0.15) is 28.4 Å². The van der Waals surface area contributed by atoms with Crippen molar-refractivity contribution in [3.63, 3.8) is 0 Å². The van der Waals surface area contributed by atoms with E-state index in [0.717, 1.165) is 5.56 Å². The summed E-state index contributed by atoms with van der Waals surface area (Å²) in [7, 11) is 0. The molecule has 0 radical (unpaired) electrons. The number of anilines is 1. The summed E-state index contributed by atoms with van der Waals surface area (Å²) in [5, 5.41) is 6.67. The predicted octanol–water partition coefficient (Wildman–Crippen LogP) is 5.58. The van der Waals surface area contributed by atoms with Crippen molar-refractivity contribution < 1.29 is 28.2 Å². The maximum Gasteiger partial charge on any atom is 0.271 e. The van der Waals surface area contributed by atoms with Crippen LogP contribution in [-0.4, -0.2) is 31.2 Å². The van der Waals surface area contributed by atoms with Gasteiger partial charge in [-0.3, -0.25) is 9.59 Å². The van der Waals surface area contributed by atoms with Crippen LogP contribution in [0.25, 0.3) is 0 Å². The summed E-state index contributed by atoms with van der Waals surface area (Å²) >= 11 is 0. The van der Waals surface area contributed by atoms with E-state index in [1.807, 2.05) is 37.3 Å². The van der Waals surface area contributed by atoms with Crippen LogP contribution < -0.4 is 25.0 Å². The average molecular weight is 542 g/mol. The molecule has 4 aromatic rings. The second-order valence-corrected chi connectivity index (χ2v) is 8.45. The minimum Gasteiger partial charge on any atom is -0.490 e. The van der Waals surface area contributed by atoms with Crippen LogP contribution in [0, 0.1) is 5.82 Å². The normalized spacial score (nSPS) is 10.7. The molecule has 0 aromatic heterocycles. The third kappa shape index (κ3) is 8.16. The molecule has 0 spiro atoms. The van der Waals surface area contributed by atoms with Gasteiger partial charge in [-0.05, 0) is 67.1 Å². The Labute approximate surface area is 231 Å². The Hall–Kier alpha value is -5.18. The highest BCUT2D eigenvalue weighted by Gasteiger charge is 2.12. The van der Waals surface area contributed by atoms with Crippen molar-refractivity contribution in [3.05, 3.63) is 120 Å². The van der Waals surface area contributed by atoms with E-state index < -0.39 is 17.6 Å². The first kappa shape index (κ1) is 27.8. The van der Waals surface area contributed by atoms with Crippen LogP contribution in [-0.2, 0) is 11.4 Å². The molecule has 0 saturated carbocycles. The Bertz CT molecular complexity index is 1460. The van der Waals surface area contributed by atoms with Gasteiger partial charge in [-0.2, -0.15) is 5.10 Å². The molecule has 0 aliphatic rings. The SMILES string of the molecule is CCOc1cc(C(=O)N/N=C/c2ccccc2OCC(=O)Nc2ccc(F)cc2)ccc1OCc1ccccc1. The quantitative estimate of drug-likeness (QED) is 0.180. The number of nitrogens with zero attached hydrogens (tertiary/aromatic N) is 1. The first-order valence-corrected chi connectivity index (χ1v) is 12.6. The molecular weight excluding hydrogens is 513 g/mol. The number of hydrogen-bond acceptors (Lipinski definition) is 6. The fourth-order valence-corrected chi connectivity index (χ4v) is 3.59. The Morgan fingerprint density at radius 3 is 2.35 bits per heavy atom. The van der Waals surface area contributed by atoms with Crippen LogP contribution in [0.3, 0.4) is 0 Å². The number of rotatable bonds is 12. The third-order valence-electron chi connectivity index (χ3n) is 5.52. The zero-order valence-corrected chi connectivity index (χ0v) is 21.8. The van der Waals surface area contributed by atoms with Crippen molar-refractivity contribution in [1.82, 2.24) is 5.43 Å². The lowest BCUT2D eigenvalue weighted by atomic mass is 10.2. The van der Waals surface area contributed by atoms with Crippen molar-refractivity contribution in [2.45, 2.75) is 13.5 Å². The van der Waals surface area contributed by atoms with Gasteiger partial charge in [-0.25, -0.2) is 9.82 Å². The number of para-hydroxylation sites is 1. The van der Waals surface area contributed by atoms with E-state index in [2.05, 4.69) is 15.8 Å². The molecule has 0 fully saturated rings. The van der Waals surface area contributed by atoms with E-state index in [0.29, 0.717) is 47.3 Å². The molecule has 9 heteroatoms. The molecule has 2 N–H and O–H groups in total. The fourth-order valence-electron chi connectivity index (χ4n) is 3.59. The molecule has 40 heavy (non-hydrogen) atoms. The number of nitrogens with one attached hydrogen (secondary N) is 2. The van der Waals surface area contributed by atoms with Crippen LogP contribution >= 0.6 is 0 Å². The van der Waals surface area contributed by atoms with Gasteiger partial charge in [-0.15, -0.1) is 0 Å². The molecule has 0 saturated heterocycles. The molecular formula is C31H28FN3O5. The lowest BCUT2D eigenvalue weighted by Gasteiger charge is -2.13. The lowest BCUT2D eigenvalue weighted by Crippen LogP contribution is -2.20. The highest BCUT2D eigenvalue weighted by molar-refractivity contribution is 5.96. The number of hydrazone groups is 1. The Balaban J connectivity index is 1.34. The second-order valence-electron chi connectivity index (χ2n) is 8.45. The summed E-state index contributed by atoms with van der Waals surface area (Å²) in [5.41, 5.74) is 4.85. The first-order valence-electron chi connectivity index (χ1n) is 12.6. The van der Waals surface area contributed by atoms with E-state index in [4.69, 9.17) is 14.2 Å². The molecule has 4 aromatic carbocycles. The summed E-state index contributed by atoms with van der Waals surface area (Å²) in [4.78, 5) is 25.0. The topological polar surface area (TPSA) is 98.3 Å². The van der Waals surface area contributed by atoms with Crippen molar-refractivity contribution in [2.24, 2.45) is 5.10 Å². The summed E-state index contributed by atoms with van der Waals surface area (Å²) < 4.78 is 30.3. The molecule has 0 atom stereocenters. The van der Waals surface area contributed by atoms with Crippen LogP contribution in [0.15, 0.2) is 102 Å². The van der Waals surface area contributed by atoms with Crippen LogP contribution in [0.5, 0.6) is 17.2 Å². The van der Waals surface area contributed by atoms with Crippen molar-refractivity contribution in [1.29, 1.82) is 0 Å². The molecule has 8 nitrogen and oxygen atoms in total. The van der Waals surface area contributed by atoms with Gasteiger partial charge in [0.05, 0.1) is 12.8 Å². The number of amides is 2. The van der Waals surface area contributed by atoms with Crippen molar-refractivity contribution >= 4 is 23.7 Å². The van der Waals surface area contributed by atoms with Gasteiger partial charge >= 0.3 is 0 Å². The van der Waals surface area contributed by atoms with Crippen LogP contribution in [0.4, 0.5) is 10.1 Å². The zero-order chi connectivity index (χ0) is 28.2. The van der Waals surface area contributed by atoms with Gasteiger partial charge in [-0.1, -0.05) is 42.5 Å². The van der Waals surface area contributed by atoms with Gasteiger partial charge < -0.3 is 19.5 Å². The number of carbonyl (C=O) groups is 2. The largest absolute Gasteiger partial charge is 0.490 e. The summed E-state index contributed by atoms with van der Waals surface area (Å²) in [5.74, 6) is 0.132. The monoisotopic (exact) mass is 541 g/mol. The fraction of sp³-hybridized carbons (Fsp3) is 0.129. The predicted molar refractivity (Wildman–Crippen MR) is 150 cm³/mol. The Morgan fingerprint density at radius 1 is 0.825 bits per heavy atom. The van der Waals surface area contributed by atoms with Crippen molar-refractivity contribution in [2.75, 3.05) is 18.5 Å². The van der Waals surface area contributed by atoms with Gasteiger partial charge in [0.1, 0.15) is 18.2 Å². The first-order chi connectivity index (χ1) is 19.5. The standard InChI is InChI=1S/C31H28FN3O5/c1-2-38-29-18-23(12-17-28(29)39-20-22-8-4-3-5-9-22)31(37)35-33-19-24-10-6-7-11-27(24)40-21-30(36)34-26-15-13-25(32)14-16-26/h3-19H,2,20-21H2,1H3,(H,34,36)(H,35,37)/b33-19+. The van der Waals surface area contributed by atoms with E-state index in [-0.39, 0.29) is 6.61 Å². The highest BCUT2D eigenvalue weighted by Crippen LogP contribution is 2.29. The number of carbonyl (C=O) groups excluding carboxylic acids is 2. The lowest BCUT2D eigenvalue weighted by molar-refractivity contribution is -0.118. The van der Waals surface area contributed by atoms with Gasteiger partial charge in [0, 0.05) is 16.8 Å². The summed E-state index contributed by atoms with van der Waals surface area (Å²) in [6, 6.07) is 27.0. The highest BCUT2D eigenvalue weighted by atomic mass is 19.1. The number of ether oxygens (including phenoxy) is 3. The van der Waals surface area contributed by atoms with Crippen LogP contribution in [0.2, 0.25) is 0 Å².